The Labute approximate surface area is 130 Å². The zero-order valence-electron chi connectivity index (χ0n) is 13.1. The molecule has 0 radical (unpaired) electrons. The number of hydrogen-bond acceptors (Lipinski definition) is 4. The third-order valence-corrected chi connectivity index (χ3v) is 4.70. The minimum Gasteiger partial charge on any atom is -0.459 e. The average molecular weight is 302 g/mol. The zero-order chi connectivity index (χ0) is 15.7. The van der Waals surface area contributed by atoms with Crippen LogP contribution < -0.4 is 0 Å². The second-order valence-electron chi connectivity index (χ2n) is 6.63. The lowest BCUT2D eigenvalue weighted by Crippen LogP contribution is -2.46. The lowest BCUT2D eigenvalue weighted by Gasteiger charge is -2.38. The van der Waals surface area contributed by atoms with Crippen molar-refractivity contribution < 1.29 is 14.3 Å². The molecule has 118 valence electrons. The minimum absolute atomic E-state index is 0.00829. The first-order valence-electron chi connectivity index (χ1n) is 7.92. The molecule has 0 aromatic carbocycles. The first-order chi connectivity index (χ1) is 10.5. The van der Waals surface area contributed by atoms with Crippen molar-refractivity contribution in [1.29, 1.82) is 0 Å². The third kappa shape index (κ3) is 2.72. The number of carbonyl (C=O) groups is 2. The van der Waals surface area contributed by atoms with Gasteiger partial charge in [-0.2, -0.15) is 0 Å². The molecule has 1 aromatic rings. The Bertz CT molecular complexity index is 571. The lowest BCUT2D eigenvalue weighted by molar-refractivity contribution is -0.150. The highest BCUT2D eigenvalue weighted by atomic mass is 16.6. The Morgan fingerprint density at radius 3 is 2.82 bits per heavy atom. The zero-order valence-corrected chi connectivity index (χ0v) is 13.1. The molecule has 2 saturated heterocycles. The maximum absolute atomic E-state index is 13.0. The quantitative estimate of drug-likeness (QED) is 0.788. The highest BCUT2D eigenvalue weighted by molar-refractivity contribution is 5.88. The van der Waals surface area contributed by atoms with Gasteiger partial charge in [0.2, 0.25) is 5.91 Å². The Kier molecular flexibility index (Phi) is 3.89. The molecule has 0 aliphatic carbocycles. The summed E-state index contributed by atoms with van der Waals surface area (Å²) in [5.74, 6) is -0.662. The molecular formula is C17H22N2O3. The minimum atomic E-state index is -0.722. The van der Waals surface area contributed by atoms with Crippen LogP contribution in [0.1, 0.15) is 51.3 Å². The van der Waals surface area contributed by atoms with Crippen molar-refractivity contribution in [3.8, 4) is 0 Å². The standard InChI is InChI=1S/C17H22N2O3/c1-17(2)12(11-15(20)22-17)16(21)19-10-6-4-8-14(19)13-7-3-5-9-18-13/h3,5,7,9,12,14H,4,6,8,10-11H2,1-2H3/t12-,14+/m0/s1. The molecule has 2 aliphatic heterocycles. The number of carbonyl (C=O) groups excluding carboxylic acids is 2. The predicted molar refractivity (Wildman–Crippen MR) is 80.8 cm³/mol. The van der Waals surface area contributed by atoms with E-state index in [-0.39, 0.29) is 24.3 Å². The van der Waals surface area contributed by atoms with Crippen LogP contribution in [-0.2, 0) is 14.3 Å². The highest BCUT2D eigenvalue weighted by Gasteiger charge is 2.48. The number of piperidine rings is 1. The number of rotatable bonds is 2. The molecule has 22 heavy (non-hydrogen) atoms. The van der Waals surface area contributed by atoms with Crippen LogP contribution in [0.4, 0.5) is 0 Å². The fourth-order valence-electron chi connectivity index (χ4n) is 3.48. The van der Waals surface area contributed by atoms with E-state index in [0.717, 1.165) is 31.5 Å². The Morgan fingerprint density at radius 1 is 1.36 bits per heavy atom. The molecule has 5 nitrogen and oxygen atoms in total. The lowest BCUT2D eigenvalue weighted by atomic mass is 9.87. The summed E-state index contributed by atoms with van der Waals surface area (Å²) in [5.41, 5.74) is 0.207. The van der Waals surface area contributed by atoms with Gasteiger partial charge in [-0.1, -0.05) is 6.07 Å². The first kappa shape index (κ1) is 15.0. The molecule has 0 bridgehead atoms. The van der Waals surface area contributed by atoms with Gasteiger partial charge in [-0.05, 0) is 45.2 Å². The Balaban J connectivity index is 1.85. The van der Waals surface area contributed by atoms with Gasteiger partial charge >= 0.3 is 5.97 Å². The fraction of sp³-hybridized carbons (Fsp3) is 0.588. The molecule has 2 atom stereocenters. The van der Waals surface area contributed by atoms with E-state index in [1.165, 1.54) is 0 Å². The van der Waals surface area contributed by atoms with Crippen molar-refractivity contribution in [2.45, 2.75) is 51.2 Å². The number of likely N-dealkylation sites (tertiary alicyclic amines) is 1. The van der Waals surface area contributed by atoms with E-state index in [1.54, 1.807) is 6.20 Å². The summed E-state index contributed by atoms with van der Waals surface area (Å²) in [7, 11) is 0. The fourth-order valence-corrected chi connectivity index (χ4v) is 3.48. The Hall–Kier alpha value is -1.91. The second-order valence-corrected chi connectivity index (χ2v) is 6.63. The smallest absolute Gasteiger partial charge is 0.307 e. The van der Waals surface area contributed by atoms with Crippen LogP contribution in [0.2, 0.25) is 0 Å². The topological polar surface area (TPSA) is 59.5 Å². The molecule has 0 saturated carbocycles. The van der Waals surface area contributed by atoms with E-state index in [4.69, 9.17) is 4.74 Å². The van der Waals surface area contributed by atoms with Gasteiger partial charge in [0.1, 0.15) is 5.60 Å². The Morgan fingerprint density at radius 2 is 2.18 bits per heavy atom. The maximum Gasteiger partial charge on any atom is 0.307 e. The molecule has 0 N–H and O–H groups in total. The summed E-state index contributed by atoms with van der Waals surface area (Å²) in [5, 5.41) is 0. The molecule has 1 amide bonds. The number of ether oxygens (including phenoxy) is 1. The van der Waals surface area contributed by atoms with Gasteiger partial charge in [-0.15, -0.1) is 0 Å². The van der Waals surface area contributed by atoms with Gasteiger partial charge in [0, 0.05) is 12.7 Å². The van der Waals surface area contributed by atoms with Crippen molar-refractivity contribution in [1.82, 2.24) is 9.88 Å². The van der Waals surface area contributed by atoms with Crippen molar-refractivity contribution in [3.63, 3.8) is 0 Å². The molecule has 1 aromatic heterocycles. The van der Waals surface area contributed by atoms with E-state index in [2.05, 4.69) is 4.98 Å². The van der Waals surface area contributed by atoms with Crippen molar-refractivity contribution >= 4 is 11.9 Å². The first-order valence-corrected chi connectivity index (χ1v) is 7.92. The largest absolute Gasteiger partial charge is 0.459 e. The number of cyclic esters (lactones) is 1. The molecule has 5 heteroatoms. The van der Waals surface area contributed by atoms with Crippen LogP contribution >= 0.6 is 0 Å². The normalized spacial score (nSPS) is 27.5. The van der Waals surface area contributed by atoms with Crippen molar-refractivity contribution in [2.75, 3.05) is 6.54 Å². The van der Waals surface area contributed by atoms with Gasteiger partial charge in [0.15, 0.2) is 0 Å². The summed E-state index contributed by atoms with van der Waals surface area (Å²) in [6, 6.07) is 5.81. The second kappa shape index (κ2) is 5.71. The van der Waals surface area contributed by atoms with Gasteiger partial charge in [-0.3, -0.25) is 14.6 Å². The summed E-state index contributed by atoms with van der Waals surface area (Å²) < 4.78 is 5.31. The van der Waals surface area contributed by atoms with Crippen LogP contribution in [-0.4, -0.2) is 33.9 Å². The number of nitrogens with zero attached hydrogens (tertiary/aromatic N) is 2. The van der Waals surface area contributed by atoms with E-state index in [1.807, 2.05) is 36.9 Å². The predicted octanol–water partition coefficient (Wildman–Crippen LogP) is 2.48. The van der Waals surface area contributed by atoms with Crippen molar-refractivity contribution in [2.24, 2.45) is 5.92 Å². The molecule has 3 heterocycles. The summed E-state index contributed by atoms with van der Waals surface area (Å²) in [6.07, 6.45) is 4.95. The molecule has 2 fully saturated rings. The van der Waals surface area contributed by atoms with Gasteiger partial charge in [0.25, 0.3) is 0 Å². The number of hydrogen-bond donors (Lipinski definition) is 0. The molecule has 3 rings (SSSR count). The SMILES string of the molecule is CC1(C)OC(=O)C[C@H]1C(=O)N1CCCC[C@@H]1c1ccccn1. The molecular weight excluding hydrogens is 280 g/mol. The van der Waals surface area contributed by atoms with E-state index in [9.17, 15) is 9.59 Å². The number of amides is 1. The van der Waals surface area contributed by atoms with Crippen LogP contribution in [0, 0.1) is 5.92 Å². The van der Waals surface area contributed by atoms with E-state index in [0.29, 0.717) is 0 Å². The van der Waals surface area contributed by atoms with E-state index < -0.39 is 11.5 Å². The monoisotopic (exact) mass is 302 g/mol. The van der Waals surface area contributed by atoms with Gasteiger partial charge in [-0.25, -0.2) is 0 Å². The van der Waals surface area contributed by atoms with Gasteiger partial charge in [0.05, 0.1) is 24.1 Å². The third-order valence-electron chi connectivity index (χ3n) is 4.70. The van der Waals surface area contributed by atoms with Crippen LogP contribution in [0.3, 0.4) is 0 Å². The molecule has 0 spiro atoms. The number of aromatic nitrogens is 1. The summed E-state index contributed by atoms with van der Waals surface area (Å²) >= 11 is 0. The summed E-state index contributed by atoms with van der Waals surface area (Å²) in [4.78, 5) is 30.9. The van der Waals surface area contributed by atoms with E-state index >= 15 is 0 Å². The number of esters is 1. The molecule has 0 unspecified atom stereocenters. The number of pyridine rings is 1. The van der Waals surface area contributed by atoms with Crippen molar-refractivity contribution in [3.05, 3.63) is 30.1 Å². The average Bonchev–Trinajstić information content (AvgIpc) is 2.80. The van der Waals surface area contributed by atoms with Gasteiger partial charge < -0.3 is 9.64 Å². The van der Waals surface area contributed by atoms with Crippen LogP contribution in [0.5, 0.6) is 0 Å². The van der Waals surface area contributed by atoms with Crippen LogP contribution in [0.25, 0.3) is 0 Å². The molecule has 2 aliphatic rings. The van der Waals surface area contributed by atoms with Crippen LogP contribution in [0.15, 0.2) is 24.4 Å². The maximum atomic E-state index is 13.0. The highest BCUT2D eigenvalue weighted by Crippen LogP contribution is 2.38. The summed E-state index contributed by atoms with van der Waals surface area (Å²) in [6.45, 7) is 4.36.